The highest BCUT2D eigenvalue weighted by Gasteiger charge is 2.31. The second kappa shape index (κ2) is 5.75. The highest BCUT2D eigenvalue weighted by atomic mass is 32.2. The van der Waals surface area contributed by atoms with Crippen LogP contribution in [0.4, 0.5) is 0 Å². The standard InChI is InChI=1S/C12H19NO5S/c1-8(2)7-13(9(3)4)19(16,17)11-6-5-10(18-11)12(14)15/h5-6,8-9H,7H2,1-4H3,(H,14,15). The average Bonchev–Trinajstić information content (AvgIpc) is 2.74. The monoisotopic (exact) mass is 289 g/mol. The third-order valence-corrected chi connectivity index (χ3v) is 4.39. The number of nitrogens with zero attached hydrogens (tertiary/aromatic N) is 1. The molecule has 0 fully saturated rings. The van der Waals surface area contributed by atoms with Crippen LogP contribution >= 0.6 is 0 Å². The molecule has 0 amide bonds. The van der Waals surface area contributed by atoms with E-state index < -0.39 is 16.0 Å². The average molecular weight is 289 g/mol. The molecule has 1 aromatic heterocycles. The van der Waals surface area contributed by atoms with E-state index in [1.807, 2.05) is 13.8 Å². The van der Waals surface area contributed by atoms with E-state index in [2.05, 4.69) is 0 Å². The molecule has 0 radical (unpaired) electrons. The number of hydrogen-bond acceptors (Lipinski definition) is 4. The summed E-state index contributed by atoms with van der Waals surface area (Å²) in [6.07, 6.45) is 0. The van der Waals surface area contributed by atoms with E-state index >= 15 is 0 Å². The minimum atomic E-state index is -3.80. The molecule has 0 unspecified atom stereocenters. The van der Waals surface area contributed by atoms with Crippen molar-refractivity contribution in [2.75, 3.05) is 6.54 Å². The Morgan fingerprint density at radius 2 is 1.89 bits per heavy atom. The van der Waals surface area contributed by atoms with E-state index in [1.54, 1.807) is 13.8 Å². The van der Waals surface area contributed by atoms with Gasteiger partial charge in [-0.3, -0.25) is 0 Å². The van der Waals surface area contributed by atoms with Gasteiger partial charge in [0.1, 0.15) is 0 Å². The summed E-state index contributed by atoms with van der Waals surface area (Å²) in [4.78, 5) is 10.7. The normalized spacial score (nSPS) is 12.6. The second-order valence-corrected chi connectivity index (χ2v) is 6.81. The fourth-order valence-corrected chi connectivity index (χ4v) is 3.35. The number of rotatable bonds is 6. The fourth-order valence-electron chi connectivity index (χ4n) is 1.64. The molecule has 0 spiro atoms. The molecule has 0 saturated heterocycles. The Morgan fingerprint density at radius 3 is 2.26 bits per heavy atom. The smallest absolute Gasteiger partial charge is 0.371 e. The molecule has 1 heterocycles. The topological polar surface area (TPSA) is 87.8 Å². The Labute approximate surface area is 113 Å². The van der Waals surface area contributed by atoms with Gasteiger partial charge in [-0.1, -0.05) is 13.8 Å². The lowest BCUT2D eigenvalue weighted by Crippen LogP contribution is -2.39. The van der Waals surface area contributed by atoms with Crippen molar-refractivity contribution in [1.29, 1.82) is 0 Å². The lowest BCUT2D eigenvalue weighted by atomic mass is 10.2. The number of furan rings is 1. The lowest BCUT2D eigenvalue weighted by Gasteiger charge is -2.26. The van der Waals surface area contributed by atoms with Crippen LogP contribution in [-0.2, 0) is 10.0 Å². The quantitative estimate of drug-likeness (QED) is 0.865. The van der Waals surface area contributed by atoms with Gasteiger partial charge in [-0.2, -0.15) is 4.31 Å². The summed E-state index contributed by atoms with van der Waals surface area (Å²) in [5, 5.41) is 8.42. The molecule has 108 valence electrons. The molecule has 0 aliphatic heterocycles. The van der Waals surface area contributed by atoms with E-state index in [0.717, 1.165) is 6.07 Å². The Bertz CT molecular complexity index is 544. The molecular weight excluding hydrogens is 270 g/mol. The first kappa shape index (κ1) is 15.7. The molecule has 0 atom stereocenters. The van der Waals surface area contributed by atoms with Crippen molar-refractivity contribution in [2.45, 2.75) is 38.8 Å². The van der Waals surface area contributed by atoms with Crippen LogP contribution in [0.2, 0.25) is 0 Å². The molecular formula is C12H19NO5S. The van der Waals surface area contributed by atoms with E-state index in [9.17, 15) is 13.2 Å². The minimum Gasteiger partial charge on any atom is -0.475 e. The maximum absolute atomic E-state index is 12.4. The maximum atomic E-state index is 12.4. The largest absolute Gasteiger partial charge is 0.475 e. The Morgan fingerprint density at radius 1 is 1.32 bits per heavy atom. The number of carboxylic acid groups (broad SMARTS) is 1. The van der Waals surface area contributed by atoms with Crippen LogP contribution in [0.3, 0.4) is 0 Å². The highest BCUT2D eigenvalue weighted by Crippen LogP contribution is 2.22. The van der Waals surface area contributed by atoms with Gasteiger partial charge in [-0.25, -0.2) is 13.2 Å². The first-order valence-electron chi connectivity index (χ1n) is 6.01. The first-order chi connectivity index (χ1) is 8.66. The second-order valence-electron chi connectivity index (χ2n) is 4.99. The summed E-state index contributed by atoms with van der Waals surface area (Å²) >= 11 is 0. The van der Waals surface area contributed by atoms with Gasteiger partial charge in [0.2, 0.25) is 10.9 Å². The molecule has 6 nitrogen and oxygen atoms in total. The van der Waals surface area contributed by atoms with Crippen molar-refractivity contribution in [2.24, 2.45) is 5.92 Å². The van der Waals surface area contributed by atoms with E-state index in [0.29, 0.717) is 6.54 Å². The predicted molar refractivity (Wildman–Crippen MR) is 69.5 cm³/mol. The first-order valence-corrected chi connectivity index (χ1v) is 7.45. The van der Waals surface area contributed by atoms with Crippen LogP contribution in [0.5, 0.6) is 0 Å². The molecule has 0 aliphatic rings. The molecule has 1 aromatic rings. The Balaban J connectivity index is 3.15. The molecule has 0 aromatic carbocycles. The molecule has 1 rings (SSSR count). The molecule has 0 aliphatic carbocycles. The zero-order valence-electron chi connectivity index (χ0n) is 11.5. The minimum absolute atomic E-state index is 0.158. The fraction of sp³-hybridized carbons (Fsp3) is 0.583. The Hall–Kier alpha value is -1.34. The SMILES string of the molecule is CC(C)CN(C(C)C)S(=O)(=O)c1ccc(C(=O)O)o1. The summed E-state index contributed by atoms with van der Waals surface area (Å²) in [6, 6.07) is 2.09. The van der Waals surface area contributed by atoms with Crippen molar-refractivity contribution in [3.63, 3.8) is 0 Å². The molecule has 0 bridgehead atoms. The Kier molecular flexibility index (Phi) is 4.75. The van der Waals surface area contributed by atoms with Gasteiger partial charge in [-0.15, -0.1) is 0 Å². The number of carbonyl (C=O) groups is 1. The summed E-state index contributed by atoms with van der Waals surface area (Å²) in [5.41, 5.74) is 0. The van der Waals surface area contributed by atoms with E-state index in [-0.39, 0.29) is 22.8 Å². The summed E-state index contributed by atoms with van der Waals surface area (Å²) < 4.78 is 31.0. The summed E-state index contributed by atoms with van der Waals surface area (Å²) in [7, 11) is -3.80. The zero-order chi connectivity index (χ0) is 14.8. The van der Waals surface area contributed by atoms with Crippen LogP contribution in [-0.4, -0.2) is 36.4 Å². The van der Waals surface area contributed by atoms with Gasteiger partial charge >= 0.3 is 5.97 Å². The van der Waals surface area contributed by atoms with Gasteiger partial charge in [-0.05, 0) is 31.9 Å². The third-order valence-electron chi connectivity index (χ3n) is 2.48. The van der Waals surface area contributed by atoms with Crippen molar-refractivity contribution in [3.8, 4) is 0 Å². The molecule has 1 N–H and O–H groups in total. The number of sulfonamides is 1. The van der Waals surface area contributed by atoms with Gasteiger partial charge < -0.3 is 9.52 Å². The van der Waals surface area contributed by atoms with Gasteiger partial charge in [0, 0.05) is 12.6 Å². The van der Waals surface area contributed by atoms with Gasteiger partial charge in [0.25, 0.3) is 10.0 Å². The van der Waals surface area contributed by atoms with Crippen LogP contribution in [0.15, 0.2) is 21.6 Å². The number of carboxylic acids is 1. The van der Waals surface area contributed by atoms with Gasteiger partial charge in [0.15, 0.2) is 0 Å². The van der Waals surface area contributed by atoms with Crippen molar-refractivity contribution >= 4 is 16.0 Å². The highest BCUT2D eigenvalue weighted by molar-refractivity contribution is 7.89. The van der Waals surface area contributed by atoms with Crippen molar-refractivity contribution in [1.82, 2.24) is 4.31 Å². The van der Waals surface area contributed by atoms with Crippen LogP contribution < -0.4 is 0 Å². The maximum Gasteiger partial charge on any atom is 0.371 e. The van der Waals surface area contributed by atoms with Crippen LogP contribution in [0, 0.1) is 5.92 Å². The predicted octanol–water partition coefficient (Wildman–Crippen LogP) is 2.03. The third kappa shape index (κ3) is 3.57. The number of aromatic carboxylic acids is 1. The summed E-state index contributed by atoms with van der Waals surface area (Å²) in [6.45, 7) is 7.70. The summed E-state index contributed by atoms with van der Waals surface area (Å²) in [5.74, 6) is -1.51. The number of hydrogen-bond donors (Lipinski definition) is 1. The van der Waals surface area contributed by atoms with Crippen LogP contribution in [0.1, 0.15) is 38.2 Å². The lowest BCUT2D eigenvalue weighted by molar-refractivity contribution is 0.0656. The van der Waals surface area contributed by atoms with Crippen molar-refractivity contribution in [3.05, 3.63) is 17.9 Å². The zero-order valence-corrected chi connectivity index (χ0v) is 12.3. The van der Waals surface area contributed by atoms with E-state index in [1.165, 1.54) is 10.4 Å². The van der Waals surface area contributed by atoms with Crippen LogP contribution in [0.25, 0.3) is 0 Å². The van der Waals surface area contributed by atoms with E-state index in [4.69, 9.17) is 9.52 Å². The van der Waals surface area contributed by atoms with Gasteiger partial charge in [0.05, 0.1) is 0 Å². The molecule has 0 saturated carbocycles. The molecule has 7 heteroatoms. The molecule has 19 heavy (non-hydrogen) atoms. The van der Waals surface area contributed by atoms with Crippen molar-refractivity contribution < 1.29 is 22.7 Å².